The van der Waals surface area contributed by atoms with Gasteiger partial charge >= 0.3 is 6.09 Å². The van der Waals surface area contributed by atoms with Gasteiger partial charge < -0.3 is 19.7 Å². The van der Waals surface area contributed by atoms with Crippen molar-refractivity contribution in [3.63, 3.8) is 0 Å². The summed E-state index contributed by atoms with van der Waals surface area (Å²) in [5.41, 5.74) is 2.69. The maximum absolute atomic E-state index is 12.9. The zero-order valence-corrected chi connectivity index (χ0v) is 18.3. The van der Waals surface area contributed by atoms with Crippen molar-refractivity contribution < 1.29 is 19.1 Å². The highest BCUT2D eigenvalue weighted by Gasteiger charge is 2.31. The average Bonchev–Trinajstić information content (AvgIpc) is 3.02. The summed E-state index contributed by atoms with van der Waals surface area (Å²) < 4.78 is 12.2. The minimum absolute atomic E-state index is 0.189. The number of aromatic nitrogens is 2. The molecule has 1 aliphatic heterocycles. The van der Waals surface area contributed by atoms with Crippen molar-refractivity contribution >= 4 is 12.0 Å². The number of nitrogens with one attached hydrogen (secondary N) is 1. The lowest BCUT2D eigenvalue weighted by Crippen LogP contribution is -2.40. The second kappa shape index (κ2) is 8.77. The lowest BCUT2D eigenvalue weighted by molar-refractivity contribution is 0.0222. The molecule has 0 atom stereocenters. The first-order chi connectivity index (χ1) is 14.2. The summed E-state index contributed by atoms with van der Waals surface area (Å²) in [6.45, 7) is 6.86. The Labute approximate surface area is 177 Å². The zero-order chi connectivity index (χ0) is 21.9. The van der Waals surface area contributed by atoms with Gasteiger partial charge in [0.1, 0.15) is 17.0 Å². The van der Waals surface area contributed by atoms with E-state index >= 15 is 0 Å². The summed E-state index contributed by atoms with van der Waals surface area (Å²) in [7, 11) is 3.39. The van der Waals surface area contributed by atoms with Crippen molar-refractivity contribution in [2.45, 2.75) is 45.8 Å². The number of benzene rings is 1. The van der Waals surface area contributed by atoms with Crippen LogP contribution in [-0.2, 0) is 31.2 Å². The summed E-state index contributed by atoms with van der Waals surface area (Å²) in [5.74, 6) is 0.615. The second-order valence-corrected chi connectivity index (χ2v) is 8.40. The number of methoxy groups -OCH3 is 1. The van der Waals surface area contributed by atoms with E-state index in [1.165, 1.54) is 0 Å². The number of hydrogen-bond donors (Lipinski definition) is 1. The van der Waals surface area contributed by atoms with Gasteiger partial charge in [-0.15, -0.1) is 0 Å². The first kappa shape index (κ1) is 21.7. The third-order valence-corrected chi connectivity index (χ3v) is 4.92. The molecule has 2 amide bonds. The Morgan fingerprint density at radius 3 is 2.53 bits per heavy atom. The Hall–Kier alpha value is -3.03. The first-order valence-corrected chi connectivity index (χ1v) is 10.1. The molecule has 0 spiro atoms. The molecular weight excluding hydrogens is 384 g/mol. The molecule has 3 rings (SSSR count). The molecule has 1 aliphatic rings. The van der Waals surface area contributed by atoms with Crippen LogP contribution >= 0.6 is 0 Å². The smallest absolute Gasteiger partial charge is 0.410 e. The van der Waals surface area contributed by atoms with Crippen molar-refractivity contribution in [2.75, 3.05) is 20.2 Å². The van der Waals surface area contributed by atoms with E-state index in [0.717, 1.165) is 22.6 Å². The van der Waals surface area contributed by atoms with Crippen LogP contribution in [-0.4, -0.2) is 52.5 Å². The Bertz CT molecular complexity index is 912. The third-order valence-electron chi connectivity index (χ3n) is 4.92. The van der Waals surface area contributed by atoms with Crippen molar-refractivity contribution in [1.29, 1.82) is 0 Å². The molecule has 8 nitrogen and oxygen atoms in total. The topological polar surface area (TPSA) is 85.7 Å². The van der Waals surface area contributed by atoms with E-state index in [2.05, 4.69) is 10.4 Å². The summed E-state index contributed by atoms with van der Waals surface area (Å²) in [4.78, 5) is 26.9. The molecule has 0 aliphatic carbocycles. The monoisotopic (exact) mass is 414 g/mol. The van der Waals surface area contributed by atoms with E-state index in [-0.39, 0.29) is 12.0 Å². The number of rotatable bonds is 5. The van der Waals surface area contributed by atoms with Gasteiger partial charge in [0.15, 0.2) is 0 Å². The number of amides is 2. The predicted octanol–water partition coefficient (Wildman–Crippen LogP) is 2.69. The number of carbonyl (C=O) groups excluding carboxylic acids is 2. The molecule has 0 saturated heterocycles. The summed E-state index contributed by atoms with van der Waals surface area (Å²) in [5, 5.41) is 7.46. The van der Waals surface area contributed by atoms with Crippen molar-refractivity contribution in [1.82, 2.24) is 20.0 Å². The fourth-order valence-electron chi connectivity index (χ4n) is 3.46. The minimum atomic E-state index is -0.562. The van der Waals surface area contributed by atoms with Crippen molar-refractivity contribution in [3.8, 4) is 5.75 Å². The minimum Gasteiger partial charge on any atom is -0.497 e. The number of ether oxygens (including phenoxy) is 2. The van der Waals surface area contributed by atoms with E-state index in [1.807, 2.05) is 45.0 Å². The Balaban J connectivity index is 1.64. The van der Waals surface area contributed by atoms with Crippen LogP contribution in [0.1, 0.15) is 48.1 Å². The van der Waals surface area contributed by atoms with E-state index < -0.39 is 5.60 Å². The van der Waals surface area contributed by atoms with Crippen molar-refractivity contribution in [2.24, 2.45) is 7.05 Å². The molecule has 0 radical (unpaired) electrons. The SMILES string of the molecule is COc1ccc(CCNC(=O)c2c3c(nn2C)CCN(C(=O)OC(C)(C)C)C3)cc1. The summed E-state index contributed by atoms with van der Waals surface area (Å²) in [6.07, 6.45) is 0.935. The van der Waals surface area contributed by atoms with Gasteiger partial charge in [-0.3, -0.25) is 9.48 Å². The second-order valence-electron chi connectivity index (χ2n) is 8.40. The third kappa shape index (κ3) is 5.11. The van der Waals surface area contributed by atoms with Gasteiger partial charge in [0, 0.05) is 32.1 Å². The van der Waals surface area contributed by atoms with Crippen LogP contribution < -0.4 is 10.1 Å². The van der Waals surface area contributed by atoms with Crippen LogP contribution in [0, 0.1) is 0 Å². The number of nitrogens with zero attached hydrogens (tertiary/aromatic N) is 3. The van der Waals surface area contributed by atoms with E-state index in [0.29, 0.717) is 38.2 Å². The van der Waals surface area contributed by atoms with Gasteiger partial charge in [-0.25, -0.2) is 4.79 Å². The fraction of sp³-hybridized carbons (Fsp3) is 0.500. The summed E-state index contributed by atoms with van der Waals surface area (Å²) >= 11 is 0. The van der Waals surface area contributed by atoms with Crippen LogP contribution in [0.25, 0.3) is 0 Å². The average molecular weight is 415 g/mol. The quantitative estimate of drug-likeness (QED) is 0.813. The van der Waals surface area contributed by atoms with Gasteiger partial charge in [-0.2, -0.15) is 5.10 Å². The van der Waals surface area contributed by atoms with Crippen LogP contribution in [0.4, 0.5) is 4.79 Å². The molecule has 0 saturated carbocycles. The lowest BCUT2D eigenvalue weighted by Gasteiger charge is -2.29. The van der Waals surface area contributed by atoms with Crippen LogP contribution in [0.3, 0.4) is 0 Å². The Morgan fingerprint density at radius 2 is 1.90 bits per heavy atom. The van der Waals surface area contributed by atoms with E-state index in [1.54, 1.807) is 23.7 Å². The van der Waals surface area contributed by atoms with Gasteiger partial charge in [-0.1, -0.05) is 12.1 Å². The molecule has 2 heterocycles. The number of carbonyl (C=O) groups is 2. The van der Waals surface area contributed by atoms with Crippen LogP contribution in [0.15, 0.2) is 24.3 Å². The number of aryl methyl sites for hydroxylation is 1. The lowest BCUT2D eigenvalue weighted by atomic mass is 10.1. The fourth-order valence-corrected chi connectivity index (χ4v) is 3.46. The normalized spacial score (nSPS) is 13.6. The van der Waals surface area contributed by atoms with Gasteiger partial charge in [-0.05, 0) is 44.9 Å². The zero-order valence-electron chi connectivity index (χ0n) is 18.3. The maximum atomic E-state index is 12.9. The van der Waals surface area contributed by atoms with Crippen molar-refractivity contribution in [3.05, 3.63) is 46.8 Å². The first-order valence-electron chi connectivity index (χ1n) is 10.1. The van der Waals surface area contributed by atoms with E-state index in [4.69, 9.17) is 9.47 Å². The standard InChI is InChI=1S/C22H30N4O4/c1-22(2,3)30-21(28)26-13-11-18-17(14-26)19(25(4)24-18)20(27)23-12-10-15-6-8-16(29-5)9-7-15/h6-9H,10-14H2,1-5H3,(H,23,27). The predicted molar refractivity (Wildman–Crippen MR) is 113 cm³/mol. The van der Waals surface area contributed by atoms with Gasteiger partial charge in [0.2, 0.25) is 0 Å². The Morgan fingerprint density at radius 1 is 1.20 bits per heavy atom. The number of hydrogen-bond acceptors (Lipinski definition) is 5. The molecule has 30 heavy (non-hydrogen) atoms. The molecule has 1 aromatic carbocycles. The molecule has 2 aromatic rings. The highest BCUT2D eigenvalue weighted by Crippen LogP contribution is 2.23. The molecule has 0 fully saturated rings. The van der Waals surface area contributed by atoms with Gasteiger partial charge in [0.25, 0.3) is 5.91 Å². The summed E-state index contributed by atoms with van der Waals surface area (Å²) in [6, 6.07) is 7.77. The highest BCUT2D eigenvalue weighted by atomic mass is 16.6. The van der Waals surface area contributed by atoms with Crippen LogP contribution in [0.5, 0.6) is 5.75 Å². The number of fused-ring (bicyclic) bond motifs is 1. The molecule has 0 bridgehead atoms. The molecular formula is C22H30N4O4. The molecule has 162 valence electrons. The van der Waals surface area contributed by atoms with Crippen LogP contribution in [0.2, 0.25) is 0 Å². The maximum Gasteiger partial charge on any atom is 0.410 e. The van der Waals surface area contributed by atoms with Gasteiger partial charge in [0.05, 0.1) is 19.3 Å². The van der Waals surface area contributed by atoms with E-state index in [9.17, 15) is 9.59 Å². The molecule has 0 unspecified atom stereocenters. The molecule has 1 N–H and O–H groups in total. The largest absolute Gasteiger partial charge is 0.497 e. The molecule has 8 heteroatoms. The Kier molecular flexibility index (Phi) is 6.34. The molecule has 1 aromatic heterocycles. The highest BCUT2D eigenvalue weighted by molar-refractivity contribution is 5.94.